The van der Waals surface area contributed by atoms with E-state index in [2.05, 4.69) is 0 Å². The number of halogens is 3. The summed E-state index contributed by atoms with van der Waals surface area (Å²) >= 11 is 0. The van der Waals surface area contributed by atoms with Gasteiger partial charge in [-0.15, -0.1) is 0 Å². The molecule has 0 aliphatic carbocycles. The van der Waals surface area contributed by atoms with Crippen molar-refractivity contribution < 1.29 is 18.0 Å². The van der Waals surface area contributed by atoms with Gasteiger partial charge in [0.15, 0.2) is 0 Å². The van der Waals surface area contributed by atoms with Crippen molar-refractivity contribution in [3.63, 3.8) is 0 Å². The number of carbonyl (C=O) groups excluding carboxylic acids is 1. The van der Waals surface area contributed by atoms with Gasteiger partial charge in [0, 0.05) is 13.1 Å². The lowest BCUT2D eigenvalue weighted by atomic mass is 10.1. The molecule has 0 atom stereocenters. The van der Waals surface area contributed by atoms with Crippen molar-refractivity contribution in [1.82, 2.24) is 4.90 Å². The highest BCUT2D eigenvalue weighted by molar-refractivity contribution is 5.77. The Morgan fingerprint density at radius 1 is 1.57 bits per heavy atom. The molecule has 0 saturated carbocycles. The Morgan fingerprint density at radius 2 is 2.21 bits per heavy atom. The van der Waals surface area contributed by atoms with Crippen LogP contribution in [0.2, 0.25) is 0 Å². The third kappa shape index (κ3) is 3.40. The second-order valence-corrected chi connectivity index (χ2v) is 3.43. The van der Waals surface area contributed by atoms with Gasteiger partial charge < -0.3 is 4.90 Å². The summed E-state index contributed by atoms with van der Waals surface area (Å²) in [6, 6.07) is 0. The van der Waals surface area contributed by atoms with Gasteiger partial charge in [-0.1, -0.05) is 11.6 Å². The Kier molecular flexibility index (Phi) is 3.18. The summed E-state index contributed by atoms with van der Waals surface area (Å²) in [4.78, 5) is 12.3. The van der Waals surface area contributed by atoms with Crippen molar-refractivity contribution in [3.05, 3.63) is 11.6 Å². The van der Waals surface area contributed by atoms with Crippen LogP contribution < -0.4 is 0 Å². The monoisotopic (exact) mass is 207 g/mol. The molecule has 5 heteroatoms. The molecule has 1 aliphatic rings. The molecule has 1 rings (SSSR count). The molecule has 14 heavy (non-hydrogen) atoms. The molecule has 0 aromatic rings. The quantitative estimate of drug-likeness (QED) is 0.603. The summed E-state index contributed by atoms with van der Waals surface area (Å²) in [7, 11) is 0. The Morgan fingerprint density at radius 3 is 2.64 bits per heavy atom. The maximum Gasteiger partial charge on any atom is 0.397 e. The predicted octanol–water partition coefficient (Wildman–Crippen LogP) is 2.12. The molecule has 0 unspecified atom stereocenters. The zero-order chi connectivity index (χ0) is 10.8. The first-order valence-electron chi connectivity index (χ1n) is 4.38. The third-order valence-electron chi connectivity index (χ3n) is 2.14. The molecule has 0 fully saturated rings. The zero-order valence-corrected chi connectivity index (χ0v) is 7.90. The van der Waals surface area contributed by atoms with Crippen LogP contribution in [0.1, 0.15) is 19.8 Å². The fourth-order valence-corrected chi connectivity index (χ4v) is 1.28. The van der Waals surface area contributed by atoms with Gasteiger partial charge in [-0.2, -0.15) is 13.2 Å². The molecule has 0 aromatic carbocycles. The van der Waals surface area contributed by atoms with Crippen LogP contribution in [0.5, 0.6) is 0 Å². The molecule has 0 radical (unpaired) electrons. The molecule has 0 saturated heterocycles. The van der Waals surface area contributed by atoms with Crippen molar-refractivity contribution in [2.75, 3.05) is 13.1 Å². The SMILES string of the molecule is CC1=CCN(C(=O)CC(F)(F)F)CC1. The van der Waals surface area contributed by atoms with Gasteiger partial charge >= 0.3 is 6.18 Å². The second-order valence-electron chi connectivity index (χ2n) is 3.43. The van der Waals surface area contributed by atoms with Gasteiger partial charge in [-0.05, 0) is 13.3 Å². The Hall–Kier alpha value is -1.00. The van der Waals surface area contributed by atoms with E-state index < -0.39 is 18.5 Å². The molecule has 80 valence electrons. The summed E-state index contributed by atoms with van der Waals surface area (Å²) in [6.07, 6.45) is -3.28. The Labute approximate surface area is 80.4 Å². The van der Waals surface area contributed by atoms with E-state index in [-0.39, 0.29) is 0 Å². The number of alkyl halides is 3. The molecular weight excluding hydrogens is 195 g/mol. The van der Waals surface area contributed by atoms with Crippen LogP contribution in [-0.4, -0.2) is 30.1 Å². The topological polar surface area (TPSA) is 20.3 Å². The molecule has 0 aromatic heterocycles. The van der Waals surface area contributed by atoms with Crippen molar-refractivity contribution >= 4 is 5.91 Å². The number of rotatable bonds is 1. The minimum absolute atomic E-state index is 0.306. The molecular formula is C9H12F3NO. The van der Waals surface area contributed by atoms with Crippen molar-refractivity contribution in [2.45, 2.75) is 25.9 Å². The van der Waals surface area contributed by atoms with Crippen LogP contribution in [0.25, 0.3) is 0 Å². The molecule has 1 heterocycles. The van der Waals surface area contributed by atoms with Crippen LogP contribution in [0.15, 0.2) is 11.6 Å². The minimum atomic E-state index is -4.40. The number of nitrogens with zero attached hydrogens (tertiary/aromatic N) is 1. The highest BCUT2D eigenvalue weighted by atomic mass is 19.4. The lowest BCUT2D eigenvalue weighted by molar-refractivity contribution is -0.161. The summed E-state index contributed by atoms with van der Waals surface area (Å²) in [5, 5.41) is 0. The van der Waals surface area contributed by atoms with E-state index in [0.29, 0.717) is 19.5 Å². The van der Waals surface area contributed by atoms with Gasteiger partial charge in [0.25, 0.3) is 0 Å². The van der Waals surface area contributed by atoms with E-state index in [1.807, 2.05) is 6.92 Å². The van der Waals surface area contributed by atoms with Gasteiger partial charge in [-0.25, -0.2) is 0 Å². The average molecular weight is 207 g/mol. The third-order valence-corrected chi connectivity index (χ3v) is 2.14. The zero-order valence-electron chi connectivity index (χ0n) is 7.90. The first-order valence-corrected chi connectivity index (χ1v) is 4.38. The van der Waals surface area contributed by atoms with Crippen molar-refractivity contribution in [3.8, 4) is 0 Å². The number of carbonyl (C=O) groups is 1. The smallest absolute Gasteiger partial charge is 0.338 e. The number of hydrogen-bond acceptors (Lipinski definition) is 1. The predicted molar refractivity (Wildman–Crippen MR) is 45.6 cm³/mol. The molecule has 0 spiro atoms. The van der Waals surface area contributed by atoms with Crippen LogP contribution >= 0.6 is 0 Å². The van der Waals surface area contributed by atoms with Gasteiger partial charge in [0.05, 0.1) is 0 Å². The highest BCUT2D eigenvalue weighted by Gasteiger charge is 2.33. The fraction of sp³-hybridized carbons (Fsp3) is 0.667. The van der Waals surface area contributed by atoms with E-state index in [9.17, 15) is 18.0 Å². The highest BCUT2D eigenvalue weighted by Crippen LogP contribution is 2.21. The van der Waals surface area contributed by atoms with E-state index in [4.69, 9.17) is 0 Å². The van der Waals surface area contributed by atoms with E-state index >= 15 is 0 Å². The van der Waals surface area contributed by atoms with Crippen LogP contribution in [0, 0.1) is 0 Å². The lowest BCUT2D eigenvalue weighted by Crippen LogP contribution is -2.37. The van der Waals surface area contributed by atoms with Crippen LogP contribution in [0.4, 0.5) is 13.2 Å². The van der Waals surface area contributed by atoms with E-state index in [1.54, 1.807) is 6.08 Å². The Bertz CT molecular complexity index is 257. The normalized spacial score (nSPS) is 18.0. The maximum absolute atomic E-state index is 11.9. The molecule has 1 amide bonds. The number of amides is 1. The number of hydrogen-bond donors (Lipinski definition) is 0. The fourth-order valence-electron chi connectivity index (χ4n) is 1.28. The minimum Gasteiger partial charge on any atom is -0.338 e. The molecule has 2 nitrogen and oxygen atoms in total. The van der Waals surface area contributed by atoms with Gasteiger partial charge in [0.2, 0.25) is 5.91 Å². The molecule has 0 bridgehead atoms. The van der Waals surface area contributed by atoms with Crippen LogP contribution in [0.3, 0.4) is 0 Å². The van der Waals surface area contributed by atoms with Crippen molar-refractivity contribution in [1.29, 1.82) is 0 Å². The maximum atomic E-state index is 11.9. The summed E-state index contributed by atoms with van der Waals surface area (Å²) in [6.45, 7) is 2.61. The van der Waals surface area contributed by atoms with Gasteiger partial charge in [0.1, 0.15) is 6.42 Å². The van der Waals surface area contributed by atoms with E-state index in [0.717, 1.165) is 5.57 Å². The first kappa shape index (κ1) is 11.1. The average Bonchev–Trinajstić information content (AvgIpc) is 2.02. The Balaban J connectivity index is 2.47. The van der Waals surface area contributed by atoms with Crippen LogP contribution in [-0.2, 0) is 4.79 Å². The van der Waals surface area contributed by atoms with E-state index in [1.165, 1.54) is 4.90 Å². The summed E-state index contributed by atoms with van der Waals surface area (Å²) in [5.41, 5.74) is 1.13. The van der Waals surface area contributed by atoms with Gasteiger partial charge in [-0.3, -0.25) is 4.79 Å². The summed E-state index contributed by atoms with van der Waals surface area (Å²) in [5.74, 6) is -0.832. The van der Waals surface area contributed by atoms with Crippen molar-refractivity contribution in [2.24, 2.45) is 0 Å². The first-order chi connectivity index (χ1) is 6.38. The standard InChI is InChI=1S/C9H12F3NO/c1-7-2-4-13(5-3-7)8(14)6-9(10,11)12/h2H,3-6H2,1H3. The largest absolute Gasteiger partial charge is 0.397 e. The molecule has 1 aliphatic heterocycles. The lowest BCUT2D eigenvalue weighted by Gasteiger charge is -2.25. The second kappa shape index (κ2) is 4.02. The molecule has 0 N–H and O–H groups in total. The summed E-state index contributed by atoms with van der Waals surface area (Å²) < 4.78 is 35.6.